The number of ether oxygens (including phenoxy) is 1. The molecule has 0 radical (unpaired) electrons. The minimum absolute atomic E-state index is 0.0488. The maximum Gasteiger partial charge on any atom is 0.236 e. The summed E-state index contributed by atoms with van der Waals surface area (Å²) >= 11 is 0. The van der Waals surface area contributed by atoms with Gasteiger partial charge >= 0.3 is 0 Å². The number of hydrogen-bond acceptors (Lipinski definition) is 4. The van der Waals surface area contributed by atoms with Gasteiger partial charge in [0.25, 0.3) is 0 Å². The molecule has 6 nitrogen and oxygen atoms in total. The van der Waals surface area contributed by atoms with Gasteiger partial charge < -0.3 is 15.8 Å². The monoisotopic (exact) mass is 314 g/mol. The van der Waals surface area contributed by atoms with Gasteiger partial charge in [0.1, 0.15) is 11.4 Å². The van der Waals surface area contributed by atoms with Crippen molar-refractivity contribution in [1.29, 1.82) is 0 Å². The SMILES string of the molecule is NC(=O)CNC(=O)[C@@H]1[C@H]2CC[C@]3(CC(=O)c4ccccc4O3)[C@H]21. The van der Waals surface area contributed by atoms with Gasteiger partial charge in [-0.15, -0.1) is 0 Å². The number of carbonyl (C=O) groups excluding carboxylic acids is 3. The number of para-hydroxylation sites is 1. The van der Waals surface area contributed by atoms with Crippen LogP contribution in [0.4, 0.5) is 0 Å². The van der Waals surface area contributed by atoms with E-state index in [1.54, 1.807) is 6.07 Å². The minimum Gasteiger partial charge on any atom is -0.486 e. The van der Waals surface area contributed by atoms with Gasteiger partial charge in [-0.25, -0.2) is 0 Å². The molecule has 2 fully saturated rings. The zero-order valence-electron chi connectivity index (χ0n) is 12.6. The van der Waals surface area contributed by atoms with E-state index >= 15 is 0 Å². The largest absolute Gasteiger partial charge is 0.486 e. The van der Waals surface area contributed by atoms with Crippen LogP contribution in [0.25, 0.3) is 0 Å². The fourth-order valence-corrected chi connectivity index (χ4v) is 4.41. The molecule has 1 aliphatic heterocycles. The van der Waals surface area contributed by atoms with Crippen LogP contribution in [-0.2, 0) is 9.59 Å². The summed E-state index contributed by atoms with van der Waals surface area (Å²) in [6, 6.07) is 7.27. The predicted molar refractivity (Wildman–Crippen MR) is 80.7 cm³/mol. The second-order valence-electron chi connectivity index (χ2n) is 6.70. The van der Waals surface area contributed by atoms with Crippen LogP contribution < -0.4 is 15.8 Å². The van der Waals surface area contributed by atoms with Crippen molar-refractivity contribution in [3.8, 4) is 5.75 Å². The molecule has 1 aromatic rings. The summed E-state index contributed by atoms with van der Waals surface area (Å²) in [4.78, 5) is 35.5. The Bertz CT molecular complexity index is 716. The molecule has 23 heavy (non-hydrogen) atoms. The van der Waals surface area contributed by atoms with Gasteiger partial charge in [-0.1, -0.05) is 12.1 Å². The number of rotatable bonds is 3. The quantitative estimate of drug-likeness (QED) is 0.855. The molecule has 2 saturated carbocycles. The second kappa shape index (κ2) is 4.81. The maximum atomic E-state index is 12.5. The molecule has 3 aliphatic rings. The van der Waals surface area contributed by atoms with Gasteiger partial charge in [-0.3, -0.25) is 14.4 Å². The van der Waals surface area contributed by atoms with Crippen LogP contribution in [0.15, 0.2) is 24.3 Å². The summed E-state index contributed by atoms with van der Waals surface area (Å²) < 4.78 is 6.22. The fraction of sp³-hybridized carbons (Fsp3) is 0.471. The number of ketones is 1. The van der Waals surface area contributed by atoms with E-state index in [0.29, 0.717) is 17.7 Å². The van der Waals surface area contributed by atoms with Crippen molar-refractivity contribution in [3.63, 3.8) is 0 Å². The lowest BCUT2D eigenvalue weighted by Gasteiger charge is -2.37. The molecule has 1 aromatic carbocycles. The van der Waals surface area contributed by atoms with E-state index in [-0.39, 0.29) is 36.0 Å². The summed E-state index contributed by atoms with van der Waals surface area (Å²) in [5.41, 5.74) is 5.12. The molecule has 0 unspecified atom stereocenters. The van der Waals surface area contributed by atoms with Crippen molar-refractivity contribution in [2.45, 2.75) is 24.9 Å². The van der Waals surface area contributed by atoms with Gasteiger partial charge in [-0.2, -0.15) is 0 Å². The summed E-state index contributed by atoms with van der Waals surface area (Å²) in [5, 5.41) is 2.57. The van der Waals surface area contributed by atoms with Crippen molar-refractivity contribution in [3.05, 3.63) is 29.8 Å². The Morgan fingerprint density at radius 1 is 1.35 bits per heavy atom. The van der Waals surface area contributed by atoms with E-state index in [4.69, 9.17) is 10.5 Å². The molecule has 1 spiro atoms. The Morgan fingerprint density at radius 3 is 2.91 bits per heavy atom. The topological polar surface area (TPSA) is 98.5 Å². The van der Waals surface area contributed by atoms with E-state index in [2.05, 4.69) is 5.32 Å². The van der Waals surface area contributed by atoms with Gasteiger partial charge in [0.15, 0.2) is 5.78 Å². The van der Waals surface area contributed by atoms with Crippen LogP contribution in [0.1, 0.15) is 29.6 Å². The van der Waals surface area contributed by atoms with Crippen LogP contribution >= 0.6 is 0 Å². The Labute approximate surface area is 133 Å². The second-order valence-corrected chi connectivity index (χ2v) is 6.70. The number of benzene rings is 1. The van der Waals surface area contributed by atoms with Gasteiger partial charge in [0.2, 0.25) is 11.8 Å². The molecule has 3 N–H and O–H groups in total. The summed E-state index contributed by atoms with van der Waals surface area (Å²) in [6.07, 6.45) is 1.99. The highest BCUT2D eigenvalue weighted by Crippen LogP contribution is 2.65. The number of fused-ring (bicyclic) bond motifs is 3. The Hall–Kier alpha value is -2.37. The highest BCUT2D eigenvalue weighted by molar-refractivity contribution is 6.00. The lowest BCUT2D eigenvalue weighted by Crippen LogP contribution is -2.45. The first-order valence-electron chi connectivity index (χ1n) is 7.89. The normalized spacial score (nSPS) is 33.6. The van der Waals surface area contributed by atoms with E-state index in [9.17, 15) is 14.4 Å². The molecule has 0 aromatic heterocycles. The summed E-state index contributed by atoms with van der Waals surface area (Å²) in [7, 11) is 0. The molecule has 2 aliphatic carbocycles. The highest BCUT2D eigenvalue weighted by Gasteiger charge is 2.70. The van der Waals surface area contributed by atoms with Crippen molar-refractivity contribution >= 4 is 17.6 Å². The molecule has 0 saturated heterocycles. The van der Waals surface area contributed by atoms with Crippen LogP contribution in [0.3, 0.4) is 0 Å². The molecular weight excluding hydrogens is 296 g/mol. The van der Waals surface area contributed by atoms with Crippen LogP contribution in [0, 0.1) is 17.8 Å². The van der Waals surface area contributed by atoms with Crippen molar-refractivity contribution in [2.24, 2.45) is 23.5 Å². The third-order valence-corrected chi connectivity index (χ3v) is 5.38. The Balaban J connectivity index is 1.54. The first-order chi connectivity index (χ1) is 11.0. The van der Waals surface area contributed by atoms with Gasteiger partial charge in [0.05, 0.1) is 18.5 Å². The first-order valence-corrected chi connectivity index (χ1v) is 7.89. The van der Waals surface area contributed by atoms with Crippen molar-refractivity contribution in [1.82, 2.24) is 5.32 Å². The standard InChI is InChI=1S/C17H18N2O4/c18-13(21)8-19-16(22)14-10-5-6-17(15(10)14)7-11(20)9-3-1-2-4-12(9)23-17/h1-4,10,14-15H,5-8H2,(H2,18,21)(H,19,22)/t10-,14-,15-,17+/m1/s1. The Kier molecular flexibility index (Phi) is 2.98. The van der Waals surface area contributed by atoms with E-state index in [1.807, 2.05) is 18.2 Å². The van der Waals surface area contributed by atoms with Crippen LogP contribution in [-0.4, -0.2) is 29.7 Å². The molecule has 4 rings (SSSR count). The van der Waals surface area contributed by atoms with Crippen LogP contribution in [0.5, 0.6) is 5.75 Å². The molecule has 0 bridgehead atoms. The first kappa shape index (κ1) is 14.2. The minimum atomic E-state index is -0.565. The summed E-state index contributed by atoms with van der Waals surface area (Å²) in [6.45, 7) is -0.148. The van der Waals surface area contributed by atoms with Crippen LogP contribution in [0.2, 0.25) is 0 Å². The molecule has 4 atom stereocenters. The number of Topliss-reactive ketones (excluding diaryl/α,β-unsaturated/α-hetero) is 1. The number of carbonyl (C=O) groups is 3. The molecular formula is C17H18N2O4. The average Bonchev–Trinajstić information content (AvgIpc) is 3.17. The Morgan fingerprint density at radius 2 is 2.13 bits per heavy atom. The maximum absolute atomic E-state index is 12.5. The van der Waals surface area contributed by atoms with E-state index in [0.717, 1.165) is 12.8 Å². The van der Waals surface area contributed by atoms with Gasteiger partial charge in [-0.05, 0) is 30.9 Å². The van der Waals surface area contributed by atoms with Crippen molar-refractivity contribution < 1.29 is 19.1 Å². The molecule has 1 heterocycles. The molecule has 2 amide bonds. The van der Waals surface area contributed by atoms with Gasteiger partial charge in [0, 0.05) is 11.8 Å². The third-order valence-electron chi connectivity index (χ3n) is 5.38. The average molecular weight is 314 g/mol. The lowest BCUT2D eigenvalue weighted by molar-refractivity contribution is -0.127. The molecule has 6 heteroatoms. The highest BCUT2D eigenvalue weighted by atomic mass is 16.5. The number of primary amides is 1. The zero-order valence-corrected chi connectivity index (χ0v) is 12.6. The molecule has 120 valence electrons. The third kappa shape index (κ3) is 2.12. The number of amides is 2. The lowest BCUT2D eigenvalue weighted by atomic mass is 9.84. The smallest absolute Gasteiger partial charge is 0.236 e. The number of hydrogen-bond donors (Lipinski definition) is 2. The number of nitrogens with two attached hydrogens (primary N) is 1. The van der Waals surface area contributed by atoms with E-state index < -0.39 is 11.5 Å². The zero-order chi connectivity index (χ0) is 16.2. The summed E-state index contributed by atoms with van der Waals surface area (Å²) in [5.74, 6) is 0.0859. The predicted octanol–water partition coefficient (Wildman–Crippen LogP) is 0.648. The fourth-order valence-electron chi connectivity index (χ4n) is 4.41. The van der Waals surface area contributed by atoms with Crippen molar-refractivity contribution in [2.75, 3.05) is 6.54 Å². The van der Waals surface area contributed by atoms with E-state index in [1.165, 1.54) is 0 Å². The number of nitrogens with one attached hydrogen (secondary N) is 1.